The van der Waals surface area contributed by atoms with Crippen molar-refractivity contribution in [2.75, 3.05) is 20.7 Å². The van der Waals surface area contributed by atoms with Crippen LogP contribution in [-0.2, 0) is 16.0 Å². The van der Waals surface area contributed by atoms with E-state index in [1.165, 1.54) is 16.9 Å². The molecule has 1 aromatic rings. The van der Waals surface area contributed by atoms with Gasteiger partial charge in [-0.2, -0.15) is 0 Å². The Morgan fingerprint density at radius 3 is 2.67 bits per heavy atom. The van der Waals surface area contributed by atoms with E-state index in [9.17, 15) is 4.79 Å². The number of thiophene rings is 1. The SMILES string of the molecule is CN=C(NCCCCCCC(=O)OC)NC(C)Cc1ccc(C)s1. The van der Waals surface area contributed by atoms with E-state index >= 15 is 0 Å². The van der Waals surface area contributed by atoms with Crippen molar-refractivity contribution in [3.63, 3.8) is 0 Å². The van der Waals surface area contributed by atoms with Gasteiger partial charge in [0.05, 0.1) is 7.11 Å². The molecule has 0 bridgehead atoms. The lowest BCUT2D eigenvalue weighted by molar-refractivity contribution is -0.140. The third-order valence-corrected chi connectivity index (χ3v) is 4.76. The largest absolute Gasteiger partial charge is 0.469 e. The first-order chi connectivity index (χ1) is 11.5. The Morgan fingerprint density at radius 1 is 1.29 bits per heavy atom. The molecule has 1 heterocycles. The van der Waals surface area contributed by atoms with E-state index in [-0.39, 0.29) is 5.97 Å². The number of carbonyl (C=O) groups is 1. The molecule has 0 aromatic carbocycles. The minimum Gasteiger partial charge on any atom is -0.469 e. The number of carbonyl (C=O) groups excluding carboxylic acids is 1. The highest BCUT2D eigenvalue weighted by molar-refractivity contribution is 7.11. The fraction of sp³-hybridized carbons (Fsp3) is 0.667. The van der Waals surface area contributed by atoms with Gasteiger partial charge in [0.15, 0.2) is 5.96 Å². The van der Waals surface area contributed by atoms with Gasteiger partial charge in [-0.15, -0.1) is 11.3 Å². The molecule has 0 fully saturated rings. The van der Waals surface area contributed by atoms with Crippen molar-refractivity contribution >= 4 is 23.3 Å². The minimum atomic E-state index is -0.118. The Morgan fingerprint density at radius 2 is 2.04 bits per heavy atom. The molecule has 6 heteroatoms. The number of hydrogen-bond acceptors (Lipinski definition) is 4. The summed E-state index contributed by atoms with van der Waals surface area (Å²) in [5, 5.41) is 6.79. The summed E-state index contributed by atoms with van der Waals surface area (Å²) in [6, 6.07) is 4.71. The van der Waals surface area contributed by atoms with Crippen molar-refractivity contribution in [3.05, 3.63) is 21.9 Å². The van der Waals surface area contributed by atoms with Crippen LogP contribution in [0.4, 0.5) is 0 Å². The summed E-state index contributed by atoms with van der Waals surface area (Å²) < 4.78 is 4.63. The molecule has 0 saturated carbocycles. The maximum absolute atomic E-state index is 11.0. The van der Waals surface area contributed by atoms with Gasteiger partial charge in [-0.1, -0.05) is 12.8 Å². The Kier molecular flexibility index (Phi) is 10.2. The van der Waals surface area contributed by atoms with Crippen molar-refractivity contribution in [2.24, 2.45) is 4.99 Å². The van der Waals surface area contributed by atoms with Crippen molar-refractivity contribution in [2.45, 2.75) is 58.4 Å². The standard InChI is InChI=1S/C18H31N3O2S/c1-14(13-16-11-10-15(2)24-16)21-18(19-3)20-12-8-6-5-7-9-17(22)23-4/h10-11,14H,5-9,12-13H2,1-4H3,(H2,19,20,21). The maximum atomic E-state index is 11.0. The highest BCUT2D eigenvalue weighted by atomic mass is 32.1. The van der Waals surface area contributed by atoms with Gasteiger partial charge < -0.3 is 15.4 Å². The molecule has 2 N–H and O–H groups in total. The van der Waals surface area contributed by atoms with E-state index in [0.717, 1.165) is 44.6 Å². The molecule has 0 aliphatic rings. The number of methoxy groups -OCH3 is 1. The lowest BCUT2D eigenvalue weighted by Crippen LogP contribution is -2.43. The Bertz CT molecular complexity index is 514. The molecule has 136 valence electrons. The summed E-state index contributed by atoms with van der Waals surface area (Å²) in [6.45, 7) is 5.20. The van der Waals surface area contributed by atoms with Gasteiger partial charge in [-0.3, -0.25) is 9.79 Å². The molecule has 1 aromatic heterocycles. The monoisotopic (exact) mass is 353 g/mol. The van der Waals surface area contributed by atoms with Crippen LogP contribution in [0, 0.1) is 6.92 Å². The zero-order chi connectivity index (χ0) is 17.8. The predicted molar refractivity (Wildman–Crippen MR) is 102 cm³/mol. The lowest BCUT2D eigenvalue weighted by atomic mass is 10.1. The highest BCUT2D eigenvalue weighted by Gasteiger charge is 2.07. The smallest absolute Gasteiger partial charge is 0.305 e. The molecule has 1 rings (SSSR count). The number of ether oxygens (including phenoxy) is 1. The first kappa shape index (κ1) is 20.5. The number of rotatable bonds is 10. The summed E-state index contributed by atoms with van der Waals surface area (Å²) in [5.74, 6) is 0.734. The summed E-state index contributed by atoms with van der Waals surface area (Å²) >= 11 is 1.85. The molecule has 1 unspecified atom stereocenters. The summed E-state index contributed by atoms with van der Waals surface area (Å²) in [6.07, 6.45) is 5.65. The summed E-state index contributed by atoms with van der Waals surface area (Å²) in [7, 11) is 3.24. The average Bonchev–Trinajstić information content (AvgIpc) is 2.97. The van der Waals surface area contributed by atoms with Crippen LogP contribution in [0.5, 0.6) is 0 Å². The fourth-order valence-corrected chi connectivity index (χ4v) is 3.45. The van der Waals surface area contributed by atoms with Crippen LogP contribution in [0.3, 0.4) is 0 Å². The molecule has 0 spiro atoms. The average molecular weight is 354 g/mol. The third-order valence-electron chi connectivity index (χ3n) is 3.74. The van der Waals surface area contributed by atoms with E-state index < -0.39 is 0 Å². The van der Waals surface area contributed by atoms with Gasteiger partial charge in [0.25, 0.3) is 0 Å². The molecule has 0 saturated heterocycles. The van der Waals surface area contributed by atoms with Crippen molar-refractivity contribution in [3.8, 4) is 0 Å². The highest BCUT2D eigenvalue weighted by Crippen LogP contribution is 2.16. The van der Waals surface area contributed by atoms with Crippen LogP contribution in [0.25, 0.3) is 0 Å². The molecule has 1 atom stereocenters. The van der Waals surface area contributed by atoms with Crippen LogP contribution < -0.4 is 10.6 Å². The molecule has 0 radical (unpaired) electrons. The molecule has 5 nitrogen and oxygen atoms in total. The first-order valence-electron chi connectivity index (χ1n) is 8.64. The van der Waals surface area contributed by atoms with Crippen molar-refractivity contribution in [1.82, 2.24) is 10.6 Å². The lowest BCUT2D eigenvalue weighted by Gasteiger charge is -2.17. The van der Waals surface area contributed by atoms with Crippen LogP contribution in [-0.4, -0.2) is 38.7 Å². The second-order valence-corrected chi connectivity index (χ2v) is 7.37. The Hall–Kier alpha value is -1.56. The maximum Gasteiger partial charge on any atom is 0.305 e. The zero-order valence-electron chi connectivity index (χ0n) is 15.4. The van der Waals surface area contributed by atoms with Gasteiger partial charge >= 0.3 is 5.97 Å². The summed E-state index contributed by atoms with van der Waals surface area (Å²) in [5.41, 5.74) is 0. The quantitative estimate of drug-likeness (QED) is 0.293. The van der Waals surface area contributed by atoms with Gasteiger partial charge in [-0.25, -0.2) is 0 Å². The van der Waals surface area contributed by atoms with Gasteiger partial charge in [0, 0.05) is 42.2 Å². The number of hydrogen-bond donors (Lipinski definition) is 2. The Balaban J connectivity index is 2.13. The predicted octanol–water partition coefficient (Wildman–Crippen LogP) is 3.28. The molecule has 24 heavy (non-hydrogen) atoms. The van der Waals surface area contributed by atoms with E-state index in [1.807, 2.05) is 11.3 Å². The Labute approximate surface area is 149 Å². The van der Waals surface area contributed by atoms with Gasteiger partial charge in [0.1, 0.15) is 0 Å². The van der Waals surface area contributed by atoms with E-state index in [1.54, 1.807) is 7.05 Å². The minimum absolute atomic E-state index is 0.118. The molecular formula is C18H31N3O2S. The number of esters is 1. The first-order valence-corrected chi connectivity index (χ1v) is 9.46. The van der Waals surface area contributed by atoms with E-state index in [2.05, 4.69) is 46.3 Å². The van der Waals surface area contributed by atoms with Crippen LogP contribution >= 0.6 is 11.3 Å². The van der Waals surface area contributed by atoms with Crippen molar-refractivity contribution in [1.29, 1.82) is 0 Å². The van der Waals surface area contributed by atoms with Gasteiger partial charge in [-0.05, 0) is 38.8 Å². The third kappa shape index (κ3) is 8.91. The second-order valence-electron chi connectivity index (χ2n) is 6.00. The van der Waals surface area contributed by atoms with Crippen molar-refractivity contribution < 1.29 is 9.53 Å². The molecular weight excluding hydrogens is 322 g/mol. The normalized spacial score (nSPS) is 12.8. The number of nitrogens with one attached hydrogen (secondary N) is 2. The second kappa shape index (κ2) is 11.9. The van der Waals surface area contributed by atoms with Crippen LogP contribution in [0.15, 0.2) is 17.1 Å². The topological polar surface area (TPSA) is 62.7 Å². The van der Waals surface area contributed by atoms with E-state index in [0.29, 0.717) is 12.5 Å². The number of aliphatic imine (C=N–C) groups is 1. The molecule has 0 amide bonds. The van der Waals surface area contributed by atoms with Crippen LogP contribution in [0.1, 0.15) is 48.8 Å². The van der Waals surface area contributed by atoms with Crippen LogP contribution in [0.2, 0.25) is 0 Å². The summed E-state index contributed by atoms with van der Waals surface area (Å²) in [4.78, 5) is 18.0. The zero-order valence-corrected chi connectivity index (χ0v) is 16.2. The number of aryl methyl sites for hydroxylation is 1. The number of guanidine groups is 1. The number of unbranched alkanes of at least 4 members (excludes halogenated alkanes) is 3. The van der Waals surface area contributed by atoms with E-state index in [4.69, 9.17) is 0 Å². The fourth-order valence-electron chi connectivity index (χ4n) is 2.43. The number of nitrogens with zero attached hydrogens (tertiary/aromatic N) is 1. The molecule has 0 aliphatic heterocycles. The molecule has 0 aliphatic carbocycles. The van der Waals surface area contributed by atoms with Gasteiger partial charge in [0.2, 0.25) is 0 Å².